The van der Waals surface area contributed by atoms with Crippen LogP contribution in [0.25, 0.3) is 0 Å². The van der Waals surface area contributed by atoms with E-state index < -0.39 is 0 Å². The van der Waals surface area contributed by atoms with Crippen molar-refractivity contribution >= 4 is 11.9 Å². The second-order valence-corrected chi connectivity index (χ2v) is 6.45. The summed E-state index contributed by atoms with van der Waals surface area (Å²) in [5.41, 5.74) is 1.01. The first-order valence-electron chi connectivity index (χ1n) is 8.67. The number of aryl methyl sites for hydroxylation is 1. The van der Waals surface area contributed by atoms with Crippen LogP contribution in [0.5, 0.6) is 0 Å². The van der Waals surface area contributed by atoms with E-state index in [2.05, 4.69) is 4.74 Å². The molecule has 1 fully saturated rings. The molecular formula is C19H26FNO3. The molecule has 0 aliphatic carbocycles. The monoisotopic (exact) mass is 335 g/mol. The van der Waals surface area contributed by atoms with E-state index in [1.54, 1.807) is 12.1 Å². The maximum absolute atomic E-state index is 13.2. The number of carbonyl (C=O) groups is 2. The van der Waals surface area contributed by atoms with Gasteiger partial charge in [0.25, 0.3) is 0 Å². The van der Waals surface area contributed by atoms with E-state index in [-0.39, 0.29) is 17.7 Å². The molecule has 1 aromatic rings. The molecule has 1 aromatic carbocycles. The van der Waals surface area contributed by atoms with Crippen molar-refractivity contribution in [3.05, 3.63) is 35.6 Å². The fourth-order valence-corrected chi connectivity index (χ4v) is 3.23. The normalized spacial score (nSPS) is 17.6. The Kier molecular flexibility index (Phi) is 7.22. The lowest BCUT2D eigenvalue weighted by Crippen LogP contribution is -2.40. The van der Waals surface area contributed by atoms with Gasteiger partial charge in [0.15, 0.2) is 0 Å². The predicted octanol–water partition coefficient (Wildman–Crippen LogP) is 3.34. The Morgan fingerprint density at radius 2 is 2.17 bits per heavy atom. The average molecular weight is 335 g/mol. The number of carbonyl (C=O) groups excluding carboxylic acids is 2. The lowest BCUT2D eigenvalue weighted by molar-refractivity contribution is -0.141. The molecule has 1 aliphatic rings. The number of piperidine rings is 1. The Labute approximate surface area is 143 Å². The highest BCUT2D eigenvalue weighted by Crippen LogP contribution is 2.22. The summed E-state index contributed by atoms with van der Waals surface area (Å²) in [5.74, 6) is 0.119. The van der Waals surface area contributed by atoms with Gasteiger partial charge in [-0.15, -0.1) is 0 Å². The molecule has 1 amide bonds. The Bertz CT molecular complexity index is 561. The van der Waals surface area contributed by atoms with Crippen molar-refractivity contribution < 1.29 is 18.7 Å². The van der Waals surface area contributed by atoms with Crippen molar-refractivity contribution in [2.45, 2.75) is 44.9 Å². The number of ether oxygens (including phenoxy) is 1. The molecule has 0 bridgehead atoms. The summed E-state index contributed by atoms with van der Waals surface area (Å²) in [5, 5.41) is 0. The first kappa shape index (κ1) is 18.4. The third-order valence-corrected chi connectivity index (χ3v) is 4.60. The van der Waals surface area contributed by atoms with Gasteiger partial charge in [-0.25, -0.2) is 4.39 Å². The third kappa shape index (κ3) is 5.95. The van der Waals surface area contributed by atoms with Gasteiger partial charge in [-0.1, -0.05) is 12.1 Å². The van der Waals surface area contributed by atoms with Crippen LogP contribution < -0.4 is 0 Å². The summed E-state index contributed by atoms with van der Waals surface area (Å²) < 4.78 is 17.8. The summed E-state index contributed by atoms with van der Waals surface area (Å²) >= 11 is 0. The molecular weight excluding hydrogens is 309 g/mol. The number of likely N-dealkylation sites (tertiary alicyclic amines) is 1. The van der Waals surface area contributed by atoms with E-state index in [4.69, 9.17) is 0 Å². The highest BCUT2D eigenvalue weighted by atomic mass is 19.1. The fourth-order valence-electron chi connectivity index (χ4n) is 3.23. The number of halogens is 1. The summed E-state index contributed by atoms with van der Waals surface area (Å²) in [4.78, 5) is 25.3. The van der Waals surface area contributed by atoms with Crippen LogP contribution >= 0.6 is 0 Å². The van der Waals surface area contributed by atoms with Crippen LogP contribution in [0.3, 0.4) is 0 Å². The standard InChI is InChI=1S/C19H26FNO3/c1-24-19(23)9-3-8-18(22)21-12-4-6-16(14-21)11-10-15-5-2-7-17(20)13-15/h2,5,7,13,16H,3-4,6,8-12,14H2,1H3/t16-/m0/s1. The highest BCUT2D eigenvalue weighted by molar-refractivity contribution is 5.77. The number of nitrogens with zero attached hydrogens (tertiary/aromatic N) is 1. The molecule has 0 spiro atoms. The van der Waals surface area contributed by atoms with Gasteiger partial charge in [0.05, 0.1) is 7.11 Å². The summed E-state index contributed by atoms with van der Waals surface area (Å²) in [6.07, 6.45) is 5.15. The molecule has 2 rings (SSSR count). The topological polar surface area (TPSA) is 46.6 Å². The second-order valence-electron chi connectivity index (χ2n) is 6.45. The highest BCUT2D eigenvalue weighted by Gasteiger charge is 2.23. The summed E-state index contributed by atoms with van der Waals surface area (Å²) in [7, 11) is 1.36. The van der Waals surface area contributed by atoms with Crippen LogP contribution in [0.2, 0.25) is 0 Å². The van der Waals surface area contributed by atoms with Crippen LogP contribution in [0.1, 0.15) is 44.1 Å². The minimum atomic E-state index is -0.269. The maximum atomic E-state index is 13.2. The van der Waals surface area contributed by atoms with Crippen LogP contribution in [0, 0.1) is 11.7 Å². The third-order valence-electron chi connectivity index (χ3n) is 4.60. The summed E-state index contributed by atoms with van der Waals surface area (Å²) in [6.45, 7) is 1.57. The zero-order valence-electron chi connectivity index (χ0n) is 14.3. The number of methoxy groups -OCH3 is 1. The lowest BCUT2D eigenvalue weighted by Gasteiger charge is -2.33. The molecule has 1 saturated heterocycles. The molecule has 4 nitrogen and oxygen atoms in total. The second kappa shape index (κ2) is 9.40. The van der Waals surface area contributed by atoms with Crippen molar-refractivity contribution in [1.29, 1.82) is 0 Å². The smallest absolute Gasteiger partial charge is 0.305 e. The van der Waals surface area contributed by atoms with Gasteiger partial charge < -0.3 is 9.64 Å². The minimum absolute atomic E-state index is 0.120. The van der Waals surface area contributed by atoms with Gasteiger partial charge in [-0.05, 0) is 55.7 Å². The van der Waals surface area contributed by atoms with Crippen molar-refractivity contribution in [3.63, 3.8) is 0 Å². The number of rotatable bonds is 7. The largest absolute Gasteiger partial charge is 0.469 e. The van der Waals surface area contributed by atoms with E-state index >= 15 is 0 Å². The van der Waals surface area contributed by atoms with Gasteiger partial charge in [0, 0.05) is 25.9 Å². The molecule has 1 atom stereocenters. The Morgan fingerprint density at radius 3 is 2.92 bits per heavy atom. The molecule has 0 unspecified atom stereocenters. The van der Waals surface area contributed by atoms with Crippen molar-refractivity contribution in [1.82, 2.24) is 4.90 Å². The van der Waals surface area contributed by atoms with Crippen molar-refractivity contribution in [2.24, 2.45) is 5.92 Å². The Hall–Kier alpha value is -1.91. The molecule has 132 valence electrons. The zero-order valence-corrected chi connectivity index (χ0v) is 14.3. The van der Waals surface area contributed by atoms with Crippen molar-refractivity contribution in [2.75, 3.05) is 20.2 Å². The Balaban J connectivity index is 1.74. The fraction of sp³-hybridized carbons (Fsp3) is 0.579. The molecule has 0 radical (unpaired) electrons. The van der Waals surface area contributed by atoms with Gasteiger partial charge in [0.1, 0.15) is 5.82 Å². The van der Waals surface area contributed by atoms with E-state index in [9.17, 15) is 14.0 Å². The lowest BCUT2D eigenvalue weighted by atomic mass is 9.91. The molecule has 0 aromatic heterocycles. The quantitative estimate of drug-likeness (QED) is 0.718. The van der Waals surface area contributed by atoms with E-state index in [0.29, 0.717) is 25.2 Å². The van der Waals surface area contributed by atoms with Crippen LogP contribution in [-0.4, -0.2) is 37.0 Å². The van der Waals surface area contributed by atoms with E-state index in [1.807, 2.05) is 11.0 Å². The van der Waals surface area contributed by atoms with Gasteiger partial charge in [0.2, 0.25) is 5.91 Å². The molecule has 24 heavy (non-hydrogen) atoms. The average Bonchev–Trinajstić information content (AvgIpc) is 2.60. The first-order valence-corrected chi connectivity index (χ1v) is 8.67. The number of hydrogen-bond acceptors (Lipinski definition) is 3. The van der Waals surface area contributed by atoms with Gasteiger partial charge in [-0.2, -0.15) is 0 Å². The number of amides is 1. The van der Waals surface area contributed by atoms with Gasteiger partial charge in [-0.3, -0.25) is 9.59 Å². The zero-order chi connectivity index (χ0) is 17.4. The van der Waals surface area contributed by atoms with E-state index in [1.165, 1.54) is 13.2 Å². The van der Waals surface area contributed by atoms with Crippen LogP contribution in [0.4, 0.5) is 4.39 Å². The molecule has 0 saturated carbocycles. The molecule has 0 N–H and O–H groups in total. The SMILES string of the molecule is COC(=O)CCCC(=O)N1CCC[C@@H](CCc2cccc(F)c2)C1. The maximum Gasteiger partial charge on any atom is 0.305 e. The number of hydrogen-bond donors (Lipinski definition) is 0. The van der Waals surface area contributed by atoms with E-state index in [0.717, 1.165) is 44.3 Å². The predicted molar refractivity (Wildman–Crippen MR) is 89.9 cm³/mol. The Morgan fingerprint density at radius 1 is 1.33 bits per heavy atom. The van der Waals surface area contributed by atoms with Gasteiger partial charge >= 0.3 is 5.97 Å². The number of esters is 1. The first-order chi connectivity index (χ1) is 11.6. The number of benzene rings is 1. The minimum Gasteiger partial charge on any atom is -0.469 e. The molecule has 1 heterocycles. The summed E-state index contributed by atoms with van der Waals surface area (Å²) in [6, 6.07) is 6.72. The molecule has 5 heteroatoms. The van der Waals surface area contributed by atoms with Crippen LogP contribution in [0.15, 0.2) is 24.3 Å². The molecule has 1 aliphatic heterocycles. The van der Waals surface area contributed by atoms with Crippen LogP contribution in [-0.2, 0) is 20.7 Å². The van der Waals surface area contributed by atoms with Crippen molar-refractivity contribution in [3.8, 4) is 0 Å².